The summed E-state index contributed by atoms with van der Waals surface area (Å²) in [6, 6.07) is 2.61. The SMILES string of the molecule is C=CCOC(=O)[C@H]([C@@H](C)CC)N(C)C(=O)[C@H](C)N(C)C(=O)[C@H](Cc1ccc(OC)cc1)NC(=O)/C(C)=C/[C@H]1COC(C(C)(C)[C@@H](O)C[C@H](C)C[C@H](OC(=O)[C@H](C)N(C)C(=O)OC(C)(C)C)C(C)(C)C)=N1. The summed E-state index contributed by atoms with van der Waals surface area (Å²) in [7, 11) is 6.04. The van der Waals surface area contributed by atoms with Crippen molar-refractivity contribution in [3.63, 3.8) is 0 Å². The van der Waals surface area contributed by atoms with E-state index in [1.807, 2.05) is 55.4 Å². The largest absolute Gasteiger partial charge is 0.497 e. The third kappa shape index (κ3) is 17.4. The van der Waals surface area contributed by atoms with E-state index < -0.39 is 94.6 Å². The van der Waals surface area contributed by atoms with Gasteiger partial charge in [-0.05, 0) is 109 Å². The molecule has 0 saturated carbocycles. The summed E-state index contributed by atoms with van der Waals surface area (Å²) in [5.41, 5.74) is -1.12. The molecule has 70 heavy (non-hydrogen) atoms. The van der Waals surface area contributed by atoms with E-state index >= 15 is 0 Å². The summed E-state index contributed by atoms with van der Waals surface area (Å²) in [5, 5.41) is 14.5. The van der Waals surface area contributed by atoms with Crippen LogP contribution < -0.4 is 10.1 Å². The smallest absolute Gasteiger partial charge is 0.410 e. The molecule has 1 aliphatic rings. The predicted octanol–water partition coefficient (Wildman–Crippen LogP) is 6.93. The van der Waals surface area contributed by atoms with Gasteiger partial charge in [0.15, 0.2) is 5.90 Å². The van der Waals surface area contributed by atoms with Crippen molar-refractivity contribution in [3.8, 4) is 5.75 Å². The average molecular weight is 984 g/mol. The van der Waals surface area contributed by atoms with Gasteiger partial charge in [-0.3, -0.25) is 19.3 Å². The molecule has 17 heteroatoms. The number of likely N-dealkylation sites (N-methyl/N-ethyl adjacent to an activating group) is 3. The zero-order valence-electron chi connectivity index (χ0n) is 45.3. The highest BCUT2D eigenvalue weighted by Gasteiger charge is 2.42. The molecule has 0 unspecified atom stereocenters. The maximum atomic E-state index is 14.3. The van der Waals surface area contributed by atoms with E-state index in [-0.39, 0.29) is 37.0 Å². The highest BCUT2D eigenvalue weighted by atomic mass is 16.6. The first-order valence-corrected chi connectivity index (χ1v) is 24.3. The maximum absolute atomic E-state index is 14.3. The van der Waals surface area contributed by atoms with Crippen LogP contribution in [0.4, 0.5) is 4.79 Å². The van der Waals surface area contributed by atoms with Gasteiger partial charge in [0.05, 0.1) is 18.6 Å². The van der Waals surface area contributed by atoms with Gasteiger partial charge in [0.2, 0.25) is 17.7 Å². The number of carbonyl (C=O) groups excluding carboxylic acids is 6. The van der Waals surface area contributed by atoms with Crippen molar-refractivity contribution in [1.29, 1.82) is 0 Å². The molecular weight excluding hydrogens is 899 g/mol. The Kier molecular flexibility index (Phi) is 22.6. The van der Waals surface area contributed by atoms with Crippen LogP contribution in [0.1, 0.15) is 122 Å². The van der Waals surface area contributed by atoms with Crippen molar-refractivity contribution in [3.05, 3.63) is 54.1 Å². The number of methoxy groups -OCH3 is 1. The van der Waals surface area contributed by atoms with Crippen LogP contribution in [0.3, 0.4) is 0 Å². The fourth-order valence-electron chi connectivity index (χ4n) is 7.66. The van der Waals surface area contributed by atoms with Gasteiger partial charge >= 0.3 is 18.0 Å². The number of aliphatic hydroxyl groups is 1. The maximum Gasteiger partial charge on any atom is 0.410 e. The summed E-state index contributed by atoms with van der Waals surface area (Å²) < 4.78 is 28.1. The number of aliphatic hydroxyl groups excluding tert-OH is 1. The molecular formula is C53H85N5O12. The van der Waals surface area contributed by atoms with Crippen LogP contribution in [-0.4, -0.2) is 151 Å². The number of carbonyl (C=O) groups is 6. The second-order valence-corrected chi connectivity index (χ2v) is 21.4. The Morgan fingerprint density at radius 1 is 0.886 bits per heavy atom. The Labute approximate surface area is 417 Å². The van der Waals surface area contributed by atoms with Crippen molar-refractivity contribution in [1.82, 2.24) is 20.0 Å². The van der Waals surface area contributed by atoms with Gasteiger partial charge in [-0.25, -0.2) is 19.4 Å². The lowest BCUT2D eigenvalue weighted by Gasteiger charge is -2.36. The fraction of sp³-hybridized carbons (Fsp3) is 0.679. The van der Waals surface area contributed by atoms with Gasteiger partial charge in [0.25, 0.3) is 0 Å². The van der Waals surface area contributed by atoms with Crippen LogP contribution in [0, 0.1) is 22.7 Å². The topological polar surface area (TPSA) is 203 Å². The number of ether oxygens (including phenoxy) is 5. The molecule has 0 radical (unpaired) electrons. The van der Waals surface area contributed by atoms with Crippen LogP contribution in [0.15, 0.2) is 53.6 Å². The van der Waals surface area contributed by atoms with E-state index in [1.54, 1.807) is 79.0 Å². The summed E-state index contributed by atoms with van der Waals surface area (Å²) in [6.45, 7) is 29.0. The molecule has 1 heterocycles. The molecule has 2 rings (SSSR count). The molecule has 0 saturated heterocycles. The van der Waals surface area contributed by atoms with Gasteiger partial charge < -0.3 is 43.9 Å². The zero-order valence-corrected chi connectivity index (χ0v) is 45.3. The van der Waals surface area contributed by atoms with Crippen LogP contribution in [0.2, 0.25) is 0 Å². The number of hydrogen-bond acceptors (Lipinski definition) is 13. The van der Waals surface area contributed by atoms with Crippen LogP contribution in [0.25, 0.3) is 0 Å². The molecule has 1 aromatic carbocycles. The van der Waals surface area contributed by atoms with E-state index in [0.29, 0.717) is 30.9 Å². The number of hydrogen-bond donors (Lipinski definition) is 2. The highest BCUT2D eigenvalue weighted by Crippen LogP contribution is 2.35. The zero-order chi connectivity index (χ0) is 53.6. The molecule has 0 bridgehead atoms. The van der Waals surface area contributed by atoms with Crippen LogP contribution >= 0.6 is 0 Å². The van der Waals surface area contributed by atoms with Crippen molar-refractivity contribution >= 4 is 41.7 Å². The quantitative estimate of drug-likeness (QED) is 0.0469. The first kappa shape index (κ1) is 60.7. The molecule has 1 aliphatic heterocycles. The van der Waals surface area contributed by atoms with Crippen molar-refractivity contribution in [2.24, 2.45) is 27.7 Å². The molecule has 4 amide bonds. The number of amides is 4. The Bertz CT molecular complexity index is 2020. The molecule has 1 aromatic rings. The Morgan fingerprint density at radius 2 is 1.49 bits per heavy atom. The molecule has 0 spiro atoms. The summed E-state index contributed by atoms with van der Waals surface area (Å²) in [6.07, 6.45) is 2.47. The lowest BCUT2D eigenvalue weighted by Crippen LogP contribution is -2.57. The van der Waals surface area contributed by atoms with Crippen molar-refractivity contribution < 1.29 is 57.6 Å². The molecule has 9 atom stereocenters. The van der Waals surface area contributed by atoms with E-state index in [1.165, 1.54) is 41.9 Å². The number of esters is 2. The summed E-state index contributed by atoms with van der Waals surface area (Å²) in [4.78, 5) is 89.8. The van der Waals surface area contributed by atoms with E-state index in [9.17, 15) is 33.9 Å². The minimum absolute atomic E-state index is 0.00777. The Morgan fingerprint density at radius 3 is 2.01 bits per heavy atom. The highest BCUT2D eigenvalue weighted by molar-refractivity contribution is 5.98. The number of aliphatic imine (C=N–C) groups is 1. The van der Waals surface area contributed by atoms with Gasteiger partial charge in [-0.15, -0.1) is 0 Å². The van der Waals surface area contributed by atoms with E-state index in [4.69, 9.17) is 28.7 Å². The Balaban J connectivity index is 2.27. The Hall–Kier alpha value is -5.45. The number of rotatable bonds is 24. The third-order valence-corrected chi connectivity index (χ3v) is 12.9. The lowest BCUT2D eigenvalue weighted by atomic mass is 9.78. The van der Waals surface area contributed by atoms with Gasteiger partial charge in [0.1, 0.15) is 60.9 Å². The van der Waals surface area contributed by atoms with Crippen molar-refractivity contribution in [2.45, 2.75) is 171 Å². The molecule has 17 nitrogen and oxygen atoms in total. The predicted molar refractivity (Wildman–Crippen MR) is 270 cm³/mol. The number of benzene rings is 1. The number of nitrogens with one attached hydrogen (secondary N) is 1. The molecule has 394 valence electrons. The number of nitrogens with zero attached hydrogens (tertiary/aromatic N) is 4. The van der Waals surface area contributed by atoms with Gasteiger partial charge in [0, 0.05) is 33.1 Å². The minimum Gasteiger partial charge on any atom is -0.497 e. The molecule has 0 aromatic heterocycles. The first-order chi connectivity index (χ1) is 32.3. The standard InChI is InChI=1S/C53H85N5O12/c1-20-26-67-48(64)43(33(4)21-2)58(18)45(61)35(6)56(16)46(62)40(30-37-22-24-39(66-19)25-23-37)55-44(60)34(5)29-38-31-68-49(54-38)53(14,15)41(59)27-32(3)28-42(51(8,9)10)69-47(63)36(7)57(17)50(65)70-52(11,12)13/h20,22-25,29,32-33,35-36,38,40-43,59H,1,21,26-28,30-31H2,2-19H3,(H,55,60)/b34-29+/t32-,33-,35-,36-,38-,40-,41-,42-,43-/m0/s1. The molecule has 0 fully saturated rings. The van der Waals surface area contributed by atoms with Crippen molar-refractivity contribution in [2.75, 3.05) is 41.5 Å². The van der Waals surface area contributed by atoms with E-state index in [0.717, 1.165) is 5.56 Å². The van der Waals surface area contributed by atoms with Gasteiger partial charge in [-0.2, -0.15) is 0 Å². The monoisotopic (exact) mass is 984 g/mol. The van der Waals surface area contributed by atoms with Crippen LogP contribution in [-0.2, 0) is 49.3 Å². The second-order valence-electron chi connectivity index (χ2n) is 21.4. The first-order valence-electron chi connectivity index (χ1n) is 24.3. The second kappa shape index (κ2) is 26.1. The third-order valence-electron chi connectivity index (χ3n) is 12.9. The normalized spacial score (nSPS) is 17.7. The van der Waals surface area contributed by atoms with Crippen LogP contribution in [0.5, 0.6) is 5.75 Å². The molecule has 2 N–H and O–H groups in total. The van der Waals surface area contributed by atoms with Gasteiger partial charge in [-0.1, -0.05) is 72.8 Å². The fourth-order valence-corrected chi connectivity index (χ4v) is 7.66. The summed E-state index contributed by atoms with van der Waals surface area (Å²) >= 11 is 0. The van der Waals surface area contributed by atoms with E-state index in [2.05, 4.69) is 11.9 Å². The molecule has 0 aliphatic carbocycles. The average Bonchev–Trinajstić information content (AvgIpc) is 3.77. The lowest BCUT2D eigenvalue weighted by molar-refractivity contribution is -0.161. The summed E-state index contributed by atoms with van der Waals surface area (Å²) in [5.74, 6) is -2.09. The minimum atomic E-state index is -1.10.